The Morgan fingerprint density at radius 1 is 1.18 bits per heavy atom. The summed E-state index contributed by atoms with van der Waals surface area (Å²) in [5.41, 5.74) is 0. The van der Waals surface area contributed by atoms with Crippen LogP contribution in [0, 0.1) is 0 Å². The molecule has 17 heavy (non-hydrogen) atoms. The van der Waals surface area contributed by atoms with Gasteiger partial charge in [-0.05, 0) is 45.1 Å². The van der Waals surface area contributed by atoms with Crippen LogP contribution in [0.3, 0.4) is 0 Å². The fraction of sp³-hybridized carbons (Fsp3) is 1.00. The predicted octanol–water partition coefficient (Wildman–Crippen LogP) is 2.02. The third kappa shape index (κ3) is 3.67. The summed E-state index contributed by atoms with van der Waals surface area (Å²) in [5, 5.41) is 3.66. The summed E-state index contributed by atoms with van der Waals surface area (Å²) in [6.45, 7) is 5.84. The highest BCUT2D eigenvalue weighted by atomic mass is 16.5. The van der Waals surface area contributed by atoms with E-state index in [1.54, 1.807) is 0 Å². The van der Waals surface area contributed by atoms with Crippen LogP contribution >= 0.6 is 0 Å². The van der Waals surface area contributed by atoms with Gasteiger partial charge in [-0.3, -0.25) is 4.90 Å². The van der Waals surface area contributed by atoms with Gasteiger partial charge in [0.1, 0.15) is 0 Å². The molecule has 0 aromatic rings. The molecule has 2 fully saturated rings. The SMILES string of the molecule is CCCNC1CCC(N2CCC(OC)C2)CC1. The molecule has 0 amide bonds. The van der Waals surface area contributed by atoms with Gasteiger partial charge in [-0.1, -0.05) is 6.92 Å². The van der Waals surface area contributed by atoms with Crippen molar-refractivity contribution in [1.82, 2.24) is 10.2 Å². The van der Waals surface area contributed by atoms with E-state index in [0.717, 1.165) is 18.6 Å². The molecule has 100 valence electrons. The standard InChI is InChI=1S/C14H28N2O/c1-3-9-15-12-4-6-13(7-5-12)16-10-8-14(11-16)17-2/h12-15H,3-11H2,1-2H3. The van der Waals surface area contributed by atoms with Crippen LogP contribution in [0.2, 0.25) is 0 Å². The van der Waals surface area contributed by atoms with E-state index < -0.39 is 0 Å². The number of hydrogen-bond donors (Lipinski definition) is 1. The Kier molecular flexibility index (Phi) is 5.26. The van der Waals surface area contributed by atoms with Crippen molar-refractivity contribution < 1.29 is 4.74 Å². The highest BCUT2D eigenvalue weighted by molar-refractivity contribution is 4.87. The number of hydrogen-bond acceptors (Lipinski definition) is 3. The van der Waals surface area contributed by atoms with Crippen molar-refractivity contribution in [1.29, 1.82) is 0 Å². The van der Waals surface area contributed by atoms with Gasteiger partial charge in [0.25, 0.3) is 0 Å². The van der Waals surface area contributed by atoms with Gasteiger partial charge in [0.05, 0.1) is 6.10 Å². The average Bonchev–Trinajstić information content (AvgIpc) is 2.86. The summed E-state index contributed by atoms with van der Waals surface area (Å²) in [6.07, 6.45) is 8.44. The molecule has 1 aliphatic heterocycles. The minimum Gasteiger partial charge on any atom is -0.380 e. The van der Waals surface area contributed by atoms with Crippen LogP contribution in [0.4, 0.5) is 0 Å². The Balaban J connectivity index is 1.68. The van der Waals surface area contributed by atoms with E-state index in [9.17, 15) is 0 Å². The molecule has 0 aromatic carbocycles. The molecule has 3 nitrogen and oxygen atoms in total. The summed E-state index contributed by atoms with van der Waals surface area (Å²) in [7, 11) is 1.85. The molecule has 1 saturated carbocycles. The molecule has 1 heterocycles. The first-order valence-electron chi connectivity index (χ1n) is 7.33. The van der Waals surface area contributed by atoms with Crippen LogP contribution in [0.25, 0.3) is 0 Å². The molecule has 2 aliphatic rings. The molecule has 3 heteroatoms. The Labute approximate surface area is 106 Å². The largest absolute Gasteiger partial charge is 0.380 e. The van der Waals surface area contributed by atoms with Gasteiger partial charge in [-0.2, -0.15) is 0 Å². The van der Waals surface area contributed by atoms with Gasteiger partial charge in [-0.25, -0.2) is 0 Å². The number of methoxy groups -OCH3 is 1. The highest BCUT2D eigenvalue weighted by Gasteiger charge is 2.30. The van der Waals surface area contributed by atoms with Gasteiger partial charge in [0.15, 0.2) is 0 Å². The lowest BCUT2D eigenvalue weighted by molar-refractivity contribution is 0.0933. The summed E-state index contributed by atoms with van der Waals surface area (Å²) < 4.78 is 5.45. The second kappa shape index (κ2) is 6.72. The third-order valence-corrected chi connectivity index (χ3v) is 4.41. The molecule has 0 spiro atoms. The van der Waals surface area contributed by atoms with E-state index >= 15 is 0 Å². The molecule has 2 rings (SSSR count). The molecular formula is C14H28N2O. The number of nitrogens with one attached hydrogen (secondary N) is 1. The molecule has 1 saturated heterocycles. The van der Waals surface area contributed by atoms with Crippen LogP contribution in [-0.2, 0) is 4.74 Å². The summed E-state index contributed by atoms with van der Waals surface area (Å²) in [5.74, 6) is 0. The topological polar surface area (TPSA) is 24.5 Å². The number of ether oxygens (including phenoxy) is 1. The van der Waals surface area contributed by atoms with E-state index in [-0.39, 0.29) is 0 Å². The highest BCUT2D eigenvalue weighted by Crippen LogP contribution is 2.26. The zero-order valence-electron chi connectivity index (χ0n) is 11.5. The zero-order chi connectivity index (χ0) is 12.1. The van der Waals surface area contributed by atoms with Gasteiger partial charge in [0, 0.05) is 32.3 Å². The Morgan fingerprint density at radius 2 is 1.94 bits per heavy atom. The summed E-state index contributed by atoms with van der Waals surface area (Å²) in [4.78, 5) is 2.66. The van der Waals surface area contributed by atoms with Crippen LogP contribution in [0.5, 0.6) is 0 Å². The first-order chi connectivity index (χ1) is 8.33. The lowest BCUT2D eigenvalue weighted by Gasteiger charge is -2.35. The molecule has 0 radical (unpaired) electrons. The quantitative estimate of drug-likeness (QED) is 0.795. The van der Waals surface area contributed by atoms with Crippen molar-refractivity contribution in [3.63, 3.8) is 0 Å². The smallest absolute Gasteiger partial charge is 0.0710 e. The Morgan fingerprint density at radius 3 is 2.53 bits per heavy atom. The fourth-order valence-corrected chi connectivity index (χ4v) is 3.27. The van der Waals surface area contributed by atoms with E-state index in [4.69, 9.17) is 4.74 Å². The molecule has 1 aliphatic carbocycles. The number of nitrogens with zero attached hydrogens (tertiary/aromatic N) is 1. The minimum absolute atomic E-state index is 0.492. The summed E-state index contributed by atoms with van der Waals surface area (Å²) >= 11 is 0. The fourth-order valence-electron chi connectivity index (χ4n) is 3.27. The Hall–Kier alpha value is -0.120. The van der Waals surface area contributed by atoms with Gasteiger partial charge in [0.2, 0.25) is 0 Å². The van der Waals surface area contributed by atoms with E-state index in [0.29, 0.717) is 6.10 Å². The average molecular weight is 240 g/mol. The predicted molar refractivity (Wildman–Crippen MR) is 71.3 cm³/mol. The monoisotopic (exact) mass is 240 g/mol. The normalized spacial score (nSPS) is 35.3. The van der Waals surface area contributed by atoms with Crippen molar-refractivity contribution in [2.45, 2.75) is 63.6 Å². The summed E-state index contributed by atoms with van der Waals surface area (Å²) in [6, 6.07) is 1.61. The maximum atomic E-state index is 5.45. The molecule has 0 bridgehead atoms. The second-order valence-corrected chi connectivity index (χ2v) is 5.60. The molecule has 1 N–H and O–H groups in total. The van der Waals surface area contributed by atoms with Crippen molar-refractivity contribution in [3.8, 4) is 0 Å². The van der Waals surface area contributed by atoms with Crippen LogP contribution in [-0.4, -0.2) is 49.8 Å². The molecule has 1 unspecified atom stereocenters. The third-order valence-electron chi connectivity index (χ3n) is 4.41. The van der Waals surface area contributed by atoms with E-state index in [1.807, 2.05) is 7.11 Å². The molecule has 0 aromatic heterocycles. The molecular weight excluding hydrogens is 212 g/mol. The van der Waals surface area contributed by atoms with Crippen molar-refractivity contribution in [3.05, 3.63) is 0 Å². The maximum absolute atomic E-state index is 5.45. The van der Waals surface area contributed by atoms with Gasteiger partial charge in [-0.15, -0.1) is 0 Å². The second-order valence-electron chi connectivity index (χ2n) is 5.60. The zero-order valence-corrected chi connectivity index (χ0v) is 11.5. The molecule has 1 atom stereocenters. The van der Waals surface area contributed by atoms with Crippen molar-refractivity contribution in [2.75, 3.05) is 26.7 Å². The van der Waals surface area contributed by atoms with Crippen LogP contribution < -0.4 is 5.32 Å². The van der Waals surface area contributed by atoms with Crippen LogP contribution in [0.1, 0.15) is 45.4 Å². The number of rotatable bonds is 5. The van der Waals surface area contributed by atoms with E-state index in [2.05, 4.69) is 17.1 Å². The van der Waals surface area contributed by atoms with Gasteiger partial charge < -0.3 is 10.1 Å². The maximum Gasteiger partial charge on any atom is 0.0710 e. The first-order valence-corrected chi connectivity index (χ1v) is 7.33. The van der Waals surface area contributed by atoms with Crippen molar-refractivity contribution >= 4 is 0 Å². The lowest BCUT2D eigenvalue weighted by atomic mass is 9.90. The van der Waals surface area contributed by atoms with Crippen molar-refractivity contribution in [2.24, 2.45) is 0 Å². The number of likely N-dealkylation sites (tertiary alicyclic amines) is 1. The lowest BCUT2D eigenvalue weighted by Crippen LogP contribution is -2.42. The minimum atomic E-state index is 0.492. The van der Waals surface area contributed by atoms with Gasteiger partial charge >= 0.3 is 0 Å². The van der Waals surface area contributed by atoms with E-state index in [1.165, 1.54) is 51.6 Å². The Bertz CT molecular complexity index is 214. The first kappa shape index (κ1) is 13.3. The van der Waals surface area contributed by atoms with Crippen LogP contribution in [0.15, 0.2) is 0 Å².